The fourth-order valence-electron chi connectivity index (χ4n) is 1.98. The van der Waals surface area contributed by atoms with Crippen LogP contribution in [0.15, 0.2) is 29.6 Å². The van der Waals surface area contributed by atoms with Crippen LogP contribution in [0.4, 0.5) is 5.13 Å². The maximum Gasteiger partial charge on any atom is 0.355 e. The highest BCUT2D eigenvalue weighted by Crippen LogP contribution is 2.19. The Morgan fingerprint density at radius 3 is 2.76 bits per heavy atom. The van der Waals surface area contributed by atoms with Gasteiger partial charge >= 0.3 is 5.97 Å². The molecule has 0 spiro atoms. The van der Waals surface area contributed by atoms with Crippen LogP contribution in [0.2, 0.25) is 0 Å². The molecule has 0 aliphatic rings. The Morgan fingerprint density at radius 2 is 2.14 bits per heavy atom. The van der Waals surface area contributed by atoms with Gasteiger partial charge in [-0.05, 0) is 23.8 Å². The lowest BCUT2D eigenvalue weighted by Gasteiger charge is -2.09. The van der Waals surface area contributed by atoms with Gasteiger partial charge in [0.2, 0.25) is 0 Å². The van der Waals surface area contributed by atoms with Gasteiger partial charge in [0.15, 0.2) is 10.8 Å². The average Bonchev–Trinajstić information content (AvgIpc) is 2.97. The monoisotopic (exact) mass is 302 g/mol. The highest BCUT2D eigenvalue weighted by atomic mass is 32.1. The number of hydrogen-bond donors (Lipinski definition) is 1. The summed E-state index contributed by atoms with van der Waals surface area (Å²) in [6.07, 6.45) is 2.98. The van der Waals surface area contributed by atoms with Crippen LogP contribution in [-0.2, 0) is 0 Å². The number of nitrogens with zero attached hydrogens (tertiary/aromatic N) is 2. The molecule has 2 rings (SSSR count). The summed E-state index contributed by atoms with van der Waals surface area (Å²) < 4.78 is 0. The van der Waals surface area contributed by atoms with Crippen LogP contribution in [0.3, 0.4) is 0 Å². The number of hydrogen-bond acceptors (Lipinski definition) is 4. The van der Waals surface area contributed by atoms with Crippen LogP contribution in [0.25, 0.3) is 11.8 Å². The van der Waals surface area contributed by atoms with Crippen LogP contribution >= 0.6 is 11.3 Å². The SMILES string of the molecule is CC/C(C)=c1\cccc\c1=C\N(C)c1nc(C(=O)O)cs1. The van der Waals surface area contributed by atoms with Crippen LogP contribution in [0, 0.1) is 0 Å². The fraction of sp³-hybridized carbons (Fsp3) is 0.250. The van der Waals surface area contributed by atoms with Crippen LogP contribution in [-0.4, -0.2) is 23.1 Å². The summed E-state index contributed by atoms with van der Waals surface area (Å²) in [5.41, 5.74) is 1.40. The van der Waals surface area contributed by atoms with E-state index in [0.717, 1.165) is 11.6 Å². The van der Waals surface area contributed by atoms with Crippen molar-refractivity contribution in [3.63, 3.8) is 0 Å². The van der Waals surface area contributed by atoms with Crippen molar-refractivity contribution in [1.29, 1.82) is 0 Å². The number of carboxylic acids is 1. The number of aromatic nitrogens is 1. The Bertz CT molecular complexity index is 765. The molecule has 1 heterocycles. The van der Waals surface area contributed by atoms with Crippen molar-refractivity contribution in [3.8, 4) is 0 Å². The van der Waals surface area contributed by atoms with Gasteiger partial charge < -0.3 is 10.0 Å². The molecule has 21 heavy (non-hydrogen) atoms. The predicted molar refractivity (Wildman–Crippen MR) is 87.0 cm³/mol. The molecule has 0 saturated heterocycles. The van der Waals surface area contributed by atoms with E-state index in [1.165, 1.54) is 22.1 Å². The first kappa shape index (κ1) is 15.3. The summed E-state index contributed by atoms with van der Waals surface area (Å²) in [6.45, 7) is 4.26. The molecule has 1 aromatic carbocycles. The summed E-state index contributed by atoms with van der Waals surface area (Å²) in [5, 5.41) is 13.5. The zero-order valence-corrected chi connectivity index (χ0v) is 13.1. The largest absolute Gasteiger partial charge is 0.476 e. The first-order chi connectivity index (χ1) is 10.0. The first-order valence-electron chi connectivity index (χ1n) is 6.71. The molecule has 0 amide bonds. The lowest BCUT2D eigenvalue weighted by atomic mass is 10.1. The Labute approximate surface area is 127 Å². The van der Waals surface area contributed by atoms with Gasteiger partial charge in [0.1, 0.15) is 0 Å². The van der Waals surface area contributed by atoms with E-state index in [4.69, 9.17) is 5.11 Å². The highest BCUT2D eigenvalue weighted by Gasteiger charge is 2.10. The molecule has 0 atom stereocenters. The Hall–Kier alpha value is -2.14. The van der Waals surface area contributed by atoms with Gasteiger partial charge in [-0.2, -0.15) is 0 Å². The maximum atomic E-state index is 10.9. The molecule has 110 valence electrons. The maximum absolute atomic E-state index is 10.9. The Morgan fingerprint density at radius 1 is 1.43 bits per heavy atom. The molecule has 0 aliphatic carbocycles. The van der Waals surface area contributed by atoms with Gasteiger partial charge in [0, 0.05) is 18.6 Å². The number of anilines is 1. The zero-order valence-electron chi connectivity index (χ0n) is 12.3. The minimum atomic E-state index is -0.999. The van der Waals surface area contributed by atoms with E-state index in [9.17, 15) is 4.79 Å². The minimum absolute atomic E-state index is 0.0832. The second-order valence-electron chi connectivity index (χ2n) is 4.78. The van der Waals surface area contributed by atoms with E-state index >= 15 is 0 Å². The van der Waals surface area contributed by atoms with E-state index < -0.39 is 5.97 Å². The van der Waals surface area contributed by atoms with E-state index in [1.54, 1.807) is 5.38 Å². The normalized spacial score (nSPS) is 13.2. The standard InChI is InChI=1S/C16H18N2O2S/c1-4-11(2)13-8-6-5-7-12(13)9-18(3)16-17-14(10-21-16)15(19)20/h5-10H,4H2,1-3H3,(H,19,20)/b12-9-,13-11+. The second kappa shape index (κ2) is 6.54. The van der Waals surface area contributed by atoms with Crippen molar-refractivity contribution in [2.24, 2.45) is 0 Å². The molecule has 1 N–H and O–H groups in total. The molecule has 0 aliphatic heterocycles. The molecule has 1 aromatic heterocycles. The van der Waals surface area contributed by atoms with Crippen molar-refractivity contribution in [2.45, 2.75) is 20.3 Å². The topological polar surface area (TPSA) is 53.4 Å². The van der Waals surface area contributed by atoms with Gasteiger partial charge in [0.05, 0.1) is 0 Å². The molecular formula is C16H18N2O2S. The summed E-state index contributed by atoms with van der Waals surface area (Å²) >= 11 is 1.32. The van der Waals surface area contributed by atoms with Crippen LogP contribution in [0.5, 0.6) is 0 Å². The smallest absolute Gasteiger partial charge is 0.355 e. The number of aromatic carboxylic acids is 1. The Kier molecular flexibility index (Phi) is 4.75. The molecule has 0 fully saturated rings. The predicted octanol–water partition coefficient (Wildman–Crippen LogP) is 2.30. The third-order valence-electron chi connectivity index (χ3n) is 3.30. The van der Waals surface area contributed by atoms with Gasteiger partial charge in [-0.15, -0.1) is 11.3 Å². The van der Waals surface area contributed by atoms with E-state index in [0.29, 0.717) is 5.13 Å². The van der Waals surface area contributed by atoms with Crippen molar-refractivity contribution in [1.82, 2.24) is 4.98 Å². The van der Waals surface area contributed by atoms with Crippen molar-refractivity contribution in [3.05, 3.63) is 45.8 Å². The van der Waals surface area contributed by atoms with Gasteiger partial charge in [0.25, 0.3) is 0 Å². The molecule has 0 bridgehead atoms. The summed E-state index contributed by atoms with van der Waals surface area (Å²) in [5.74, 6) is -0.999. The quantitative estimate of drug-likeness (QED) is 0.941. The summed E-state index contributed by atoms with van der Waals surface area (Å²) in [7, 11) is 1.88. The zero-order chi connectivity index (χ0) is 15.4. The second-order valence-corrected chi connectivity index (χ2v) is 5.62. The fourth-order valence-corrected chi connectivity index (χ4v) is 2.72. The lowest BCUT2D eigenvalue weighted by molar-refractivity contribution is 0.0691. The van der Waals surface area contributed by atoms with Crippen molar-refractivity contribution >= 4 is 34.2 Å². The number of rotatable bonds is 4. The molecule has 2 aromatic rings. The minimum Gasteiger partial charge on any atom is -0.476 e. The van der Waals surface area contributed by atoms with Crippen LogP contribution in [0.1, 0.15) is 30.8 Å². The molecule has 4 nitrogen and oxygen atoms in total. The third-order valence-corrected chi connectivity index (χ3v) is 4.23. The molecule has 0 radical (unpaired) electrons. The number of benzene rings is 1. The number of carbonyl (C=O) groups is 1. The van der Waals surface area contributed by atoms with E-state index in [-0.39, 0.29) is 5.69 Å². The highest BCUT2D eigenvalue weighted by molar-refractivity contribution is 7.14. The third kappa shape index (κ3) is 3.49. The van der Waals surface area contributed by atoms with Crippen LogP contribution < -0.4 is 15.3 Å². The van der Waals surface area contributed by atoms with E-state index in [1.807, 2.05) is 30.3 Å². The lowest BCUT2D eigenvalue weighted by Crippen LogP contribution is -2.29. The summed E-state index contributed by atoms with van der Waals surface area (Å²) in [4.78, 5) is 16.9. The molecule has 5 heteroatoms. The van der Waals surface area contributed by atoms with E-state index in [2.05, 4.69) is 31.0 Å². The van der Waals surface area contributed by atoms with Gasteiger partial charge in [-0.1, -0.05) is 36.8 Å². The molecule has 0 saturated carbocycles. The summed E-state index contributed by atoms with van der Waals surface area (Å²) in [6, 6.07) is 8.17. The molecular weight excluding hydrogens is 284 g/mol. The van der Waals surface area contributed by atoms with Crippen molar-refractivity contribution in [2.75, 3.05) is 11.9 Å². The Balaban J connectivity index is 2.46. The van der Waals surface area contributed by atoms with Gasteiger partial charge in [-0.25, -0.2) is 9.78 Å². The average molecular weight is 302 g/mol. The van der Waals surface area contributed by atoms with Crippen molar-refractivity contribution < 1.29 is 9.90 Å². The first-order valence-corrected chi connectivity index (χ1v) is 7.59. The number of carboxylic acid groups (broad SMARTS) is 1. The molecule has 0 unspecified atom stereocenters. The van der Waals surface area contributed by atoms with Gasteiger partial charge in [-0.3, -0.25) is 0 Å². The number of thiazole rings is 1.